The van der Waals surface area contributed by atoms with Crippen LogP contribution in [-0.2, 0) is 16.0 Å². The van der Waals surface area contributed by atoms with E-state index in [4.69, 9.17) is 4.74 Å². The number of carboxylic acid groups (broad SMARTS) is 1. The second-order valence-corrected chi connectivity index (χ2v) is 7.57. The van der Waals surface area contributed by atoms with E-state index in [1.165, 1.54) is 11.3 Å². The molecule has 1 aliphatic heterocycles. The second kappa shape index (κ2) is 7.45. The fourth-order valence-electron chi connectivity index (χ4n) is 3.00. The molecule has 0 saturated carbocycles. The number of likely N-dealkylation sites (tertiary alicyclic amines) is 1. The Morgan fingerprint density at radius 2 is 2.08 bits per heavy atom. The first-order chi connectivity index (χ1) is 12.4. The van der Waals surface area contributed by atoms with Crippen LogP contribution in [0.25, 0.3) is 10.6 Å². The van der Waals surface area contributed by atoms with Crippen LogP contribution < -0.4 is 4.74 Å². The van der Waals surface area contributed by atoms with Crippen LogP contribution in [0.5, 0.6) is 5.75 Å². The van der Waals surface area contributed by atoms with Gasteiger partial charge in [-0.15, -0.1) is 11.3 Å². The molecule has 0 unspecified atom stereocenters. The summed E-state index contributed by atoms with van der Waals surface area (Å²) in [5, 5.41) is 12.0. The summed E-state index contributed by atoms with van der Waals surface area (Å²) in [6, 6.07) is 7.71. The SMILES string of the molecule is CCOc1ccc(-c2nc(CC(=O)N3CC[C@](C)(C(=O)O)C3)cs2)cc1. The van der Waals surface area contributed by atoms with Crippen molar-refractivity contribution in [1.82, 2.24) is 9.88 Å². The Morgan fingerprint density at radius 1 is 1.35 bits per heavy atom. The first-order valence-electron chi connectivity index (χ1n) is 8.60. The molecule has 0 bridgehead atoms. The van der Waals surface area contributed by atoms with Gasteiger partial charge in [-0.3, -0.25) is 9.59 Å². The standard InChI is InChI=1S/C19H22N2O4S/c1-3-25-15-6-4-13(5-7-15)17-20-14(11-26-17)10-16(22)21-9-8-19(2,12-21)18(23)24/h4-7,11H,3,8-10,12H2,1-2H3,(H,23,24)/t19-/m0/s1. The zero-order valence-electron chi connectivity index (χ0n) is 14.9. The summed E-state index contributed by atoms with van der Waals surface area (Å²) < 4.78 is 5.44. The Bertz CT molecular complexity index is 802. The van der Waals surface area contributed by atoms with Gasteiger partial charge in [0.15, 0.2) is 0 Å². The third-order valence-corrected chi connectivity index (χ3v) is 5.58. The van der Waals surface area contributed by atoms with Crippen molar-refractivity contribution >= 4 is 23.2 Å². The highest BCUT2D eigenvalue weighted by Crippen LogP contribution is 2.31. The lowest BCUT2D eigenvalue weighted by Gasteiger charge is -2.19. The van der Waals surface area contributed by atoms with Crippen molar-refractivity contribution in [3.8, 4) is 16.3 Å². The minimum Gasteiger partial charge on any atom is -0.494 e. The number of aliphatic carboxylic acids is 1. The minimum atomic E-state index is -0.848. The quantitative estimate of drug-likeness (QED) is 0.840. The number of rotatable bonds is 6. The van der Waals surface area contributed by atoms with E-state index in [1.807, 2.05) is 36.6 Å². The summed E-state index contributed by atoms with van der Waals surface area (Å²) >= 11 is 1.49. The smallest absolute Gasteiger partial charge is 0.311 e. The summed E-state index contributed by atoms with van der Waals surface area (Å²) in [5.41, 5.74) is 0.857. The highest BCUT2D eigenvalue weighted by molar-refractivity contribution is 7.13. The Hall–Kier alpha value is -2.41. The van der Waals surface area contributed by atoms with E-state index in [-0.39, 0.29) is 18.9 Å². The fraction of sp³-hybridized carbons (Fsp3) is 0.421. The van der Waals surface area contributed by atoms with E-state index < -0.39 is 11.4 Å². The minimum absolute atomic E-state index is 0.0708. The molecule has 1 aromatic heterocycles. The molecule has 1 aromatic carbocycles. The molecule has 3 rings (SSSR count). The topological polar surface area (TPSA) is 79.7 Å². The normalized spacial score (nSPS) is 19.5. The summed E-state index contributed by atoms with van der Waals surface area (Å²) in [7, 11) is 0. The Labute approximate surface area is 156 Å². The van der Waals surface area contributed by atoms with Gasteiger partial charge < -0.3 is 14.7 Å². The number of ether oxygens (including phenoxy) is 1. The van der Waals surface area contributed by atoms with Gasteiger partial charge in [0.2, 0.25) is 5.91 Å². The number of carbonyl (C=O) groups excluding carboxylic acids is 1. The lowest BCUT2D eigenvalue weighted by Crippen LogP contribution is -2.35. The number of hydrogen-bond donors (Lipinski definition) is 1. The van der Waals surface area contributed by atoms with Gasteiger partial charge in [0.25, 0.3) is 0 Å². The van der Waals surface area contributed by atoms with Crippen LogP contribution in [0.15, 0.2) is 29.6 Å². The van der Waals surface area contributed by atoms with E-state index in [2.05, 4.69) is 4.98 Å². The lowest BCUT2D eigenvalue weighted by atomic mass is 9.90. The van der Waals surface area contributed by atoms with E-state index >= 15 is 0 Å². The first kappa shape index (κ1) is 18.4. The van der Waals surface area contributed by atoms with Crippen molar-refractivity contribution in [1.29, 1.82) is 0 Å². The monoisotopic (exact) mass is 374 g/mol. The maximum absolute atomic E-state index is 12.5. The zero-order chi connectivity index (χ0) is 18.7. The molecule has 1 atom stereocenters. The average Bonchev–Trinajstić information content (AvgIpc) is 3.24. The third kappa shape index (κ3) is 3.88. The molecular weight excluding hydrogens is 352 g/mol. The molecule has 2 heterocycles. The molecule has 0 radical (unpaired) electrons. The summed E-state index contributed by atoms with van der Waals surface area (Å²) in [5.74, 6) is -0.100. The predicted octanol–water partition coefficient (Wildman–Crippen LogP) is 3.07. The van der Waals surface area contributed by atoms with Gasteiger partial charge in [0.1, 0.15) is 10.8 Å². The molecular formula is C19H22N2O4S. The summed E-state index contributed by atoms with van der Waals surface area (Å²) in [4.78, 5) is 30.0. The van der Waals surface area contributed by atoms with Crippen molar-refractivity contribution in [3.05, 3.63) is 35.3 Å². The number of hydrogen-bond acceptors (Lipinski definition) is 5. The van der Waals surface area contributed by atoms with Crippen LogP contribution in [0.3, 0.4) is 0 Å². The van der Waals surface area contributed by atoms with Crippen molar-refractivity contribution in [2.75, 3.05) is 19.7 Å². The highest BCUT2D eigenvalue weighted by Gasteiger charge is 2.42. The maximum atomic E-state index is 12.5. The van der Waals surface area contributed by atoms with Crippen LogP contribution in [0.4, 0.5) is 0 Å². The van der Waals surface area contributed by atoms with Crippen LogP contribution in [0, 0.1) is 5.41 Å². The summed E-state index contributed by atoms with van der Waals surface area (Å²) in [6.07, 6.45) is 0.686. The molecule has 0 spiro atoms. The van der Waals surface area contributed by atoms with Gasteiger partial charge in [-0.1, -0.05) is 0 Å². The molecule has 0 aliphatic carbocycles. The maximum Gasteiger partial charge on any atom is 0.311 e. The van der Waals surface area contributed by atoms with Gasteiger partial charge in [0.05, 0.1) is 24.1 Å². The molecule has 7 heteroatoms. The lowest BCUT2D eigenvalue weighted by molar-refractivity contribution is -0.147. The van der Waals surface area contributed by atoms with Crippen LogP contribution in [0.2, 0.25) is 0 Å². The molecule has 2 aromatic rings. The third-order valence-electron chi connectivity index (χ3n) is 4.64. The average molecular weight is 374 g/mol. The molecule has 6 nitrogen and oxygen atoms in total. The van der Waals surface area contributed by atoms with E-state index in [9.17, 15) is 14.7 Å². The van der Waals surface area contributed by atoms with Crippen molar-refractivity contribution in [3.63, 3.8) is 0 Å². The Morgan fingerprint density at radius 3 is 2.69 bits per heavy atom. The van der Waals surface area contributed by atoms with Crippen LogP contribution in [-0.4, -0.2) is 46.6 Å². The number of amides is 1. The van der Waals surface area contributed by atoms with E-state index in [0.717, 1.165) is 16.3 Å². The second-order valence-electron chi connectivity index (χ2n) is 6.71. The predicted molar refractivity (Wildman–Crippen MR) is 99.4 cm³/mol. The molecule has 26 heavy (non-hydrogen) atoms. The van der Waals surface area contributed by atoms with E-state index in [0.29, 0.717) is 25.3 Å². The number of nitrogens with zero attached hydrogens (tertiary/aromatic N) is 2. The first-order valence-corrected chi connectivity index (χ1v) is 9.48. The van der Waals surface area contributed by atoms with Crippen molar-refractivity contribution in [2.24, 2.45) is 5.41 Å². The number of benzene rings is 1. The Kier molecular flexibility index (Phi) is 5.27. The van der Waals surface area contributed by atoms with Gasteiger partial charge in [-0.25, -0.2) is 4.98 Å². The van der Waals surface area contributed by atoms with Crippen LogP contribution >= 0.6 is 11.3 Å². The number of carboxylic acids is 1. The van der Waals surface area contributed by atoms with Crippen molar-refractivity contribution in [2.45, 2.75) is 26.7 Å². The largest absolute Gasteiger partial charge is 0.494 e. The van der Waals surface area contributed by atoms with E-state index in [1.54, 1.807) is 11.8 Å². The molecule has 1 amide bonds. The molecule has 1 fully saturated rings. The van der Waals surface area contributed by atoms with Crippen LogP contribution in [0.1, 0.15) is 26.0 Å². The fourth-order valence-corrected chi connectivity index (χ4v) is 3.82. The molecule has 1 saturated heterocycles. The van der Waals surface area contributed by atoms with Gasteiger partial charge in [-0.05, 0) is 44.5 Å². The van der Waals surface area contributed by atoms with Gasteiger partial charge in [-0.2, -0.15) is 0 Å². The Balaban J connectivity index is 1.63. The number of thiazole rings is 1. The molecule has 138 valence electrons. The number of aromatic nitrogens is 1. The highest BCUT2D eigenvalue weighted by atomic mass is 32.1. The summed E-state index contributed by atoms with van der Waals surface area (Å²) in [6.45, 7) is 5.00. The van der Waals surface area contributed by atoms with Crippen molar-refractivity contribution < 1.29 is 19.4 Å². The van der Waals surface area contributed by atoms with Gasteiger partial charge >= 0.3 is 5.97 Å². The molecule has 1 N–H and O–H groups in total. The zero-order valence-corrected chi connectivity index (χ0v) is 15.7. The number of carbonyl (C=O) groups is 2. The molecule has 1 aliphatic rings. The van der Waals surface area contributed by atoms with Gasteiger partial charge in [0, 0.05) is 24.0 Å².